The lowest BCUT2D eigenvalue weighted by Crippen LogP contribution is -2.11. The van der Waals surface area contributed by atoms with E-state index in [-0.39, 0.29) is 11.8 Å². The molecule has 0 radical (unpaired) electrons. The third kappa shape index (κ3) is 3.81. The zero-order chi connectivity index (χ0) is 11.3. The van der Waals surface area contributed by atoms with E-state index in [2.05, 4.69) is 15.9 Å². The van der Waals surface area contributed by atoms with Crippen LogP contribution in [0.5, 0.6) is 5.75 Å². The molecule has 0 aliphatic heterocycles. The summed E-state index contributed by atoms with van der Waals surface area (Å²) in [7, 11) is 0. The zero-order valence-electron chi connectivity index (χ0n) is 8.62. The van der Waals surface area contributed by atoms with Gasteiger partial charge in [-0.2, -0.15) is 0 Å². The third-order valence-electron chi connectivity index (χ3n) is 2.35. The maximum absolute atomic E-state index is 9.36. The standard InChI is InChI=1S/C11H17BrN2O/c12-10-5-4-8(15)7-9(10)11(14)3-1-2-6-13/h4-5,7,11,15H,1-3,6,13-14H2/t11-/m1/s1. The van der Waals surface area contributed by atoms with Crippen LogP contribution in [0.2, 0.25) is 0 Å². The molecule has 5 N–H and O–H groups in total. The second kappa shape index (κ2) is 6.10. The van der Waals surface area contributed by atoms with Crippen LogP contribution in [0.4, 0.5) is 0 Å². The van der Waals surface area contributed by atoms with E-state index in [1.807, 2.05) is 6.07 Å². The van der Waals surface area contributed by atoms with Crippen molar-refractivity contribution in [3.63, 3.8) is 0 Å². The van der Waals surface area contributed by atoms with Gasteiger partial charge in [0, 0.05) is 10.5 Å². The molecule has 1 aromatic rings. The van der Waals surface area contributed by atoms with Gasteiger partial charge in [0.1, 0.15) is 5.75 Å². The normalized spacial score (nSPS) is 12.7. The van der Waals surface area contributed by atoms with Gasteiger partial charge < -0.3 is 16.6 Å². The molecule has 84 valence electrons. The predicted octanol–water partition coefficient (Wildman–Crippen LogP) is 2.28. The zero-order valence-corrected chi connectivity index (χ0v) is 10.2. The molecule has 0 unspecified atom stereocenters. The quantitative estimate of drug-likeness (QED) is 0.721. The summed E-state index contributed by atoms with van der Waals surface area (Å²) in [6.45, 7) is 0.702. The minimum absolute atomic E-state index is 0.0435. The molecule has 0 aliphatic carbocycles. The highest BCUT2D eigenvalue weighted by molar-refractivity contribution is 9.10. The van der Waals surface area contributed by atoms with Crippen LogP contribution in [0.1, 0.15) is 30.9 Å². The largest absolute Gasteiger partial charge is 0.508 e. The number of unbranched alkanes of at least 4 members (excludes halogenated alkanes) is 1. The Morgan fingerprint density at radius 3 is 2.73 bits per heavy atom. The average Bonchev–Trinajstić information content (AvgIpc) is 2.22. The summed E-state index contributed by atoms with van der Waals surface area (Å²) in [5, 5.41) is 9.36. The lowest BCUT2D eigenvalue weighted by Gasteiger charge is -2.13. The number of rotatable bonds is 5. The van der Waals surface area contributed by atoms with Gasteiger partial charge in [-0.05, 0) is 43.1 Å². The highest BCUT2D eigenvalue weighted by Gasteiger charge is 2.10. The average molecular weight is 273 g/mol. The van der Waals surface area contributed by atoms with Crippen molar-refractivity contribution in [2.45, 2.75) is 25.3 Å². The van der Waals surface area contributed by atoms with E-state index < -0.39 is 0 Å². The second-order valence-electron chi connectivity index (χ2n) is 3.60. The third-order valence-corrected chi connectivity index (χ3v) is 3.07. The van der Waals surface area contributed by atoms with Gasteiger partial charge in [-0.15, -0.1) is 0 Å². The monoisotopic (exact) mass is 272 g/mol. The van der Waals surface area contributed by atoms with E-state index in [9.17, 15) is 5.11 Å². The van der Waals surface area contributed by atoms with Crippen molar-refractivity contribution in [3.8, 4) is 5.75 Å². The van der Waals surface area contributed by atoms with Crippen LogP contribution in [-0.4, -0.2) is 11.7 Å². The van der Waals surface area contributed by atoms with Gasteiger partial charge >= 0.3 is 0 Å². The number of benzene rings is 1. The Hall–Kier alpha value is -0.580. The van der Waals surface area contributed by atoms with Crippen molar-refractivity contribution in [2.75, 3.05) is 6.54 Å². The minimum atomic E-state index is -0.0435. The van der Waals surface area contributed by atoms with E-state index in [0.717, 1.165) is 29.3 Å². The number of hydrogen-bond donors (Lipinski definition) is 3. The number of nitrogens with two attached hydrogens (primary N) is 2. The van der Waals surface area contributed by atoms with Gasteiger partial charge in [0.25, 0.3) is 0 Å². The van der Waals surface area contributed by atoms with Crippen molar-refractivity contribution < 1.29 is 5.11 Å². The molecule has 0 aliphatic rings. The Morgan fingerprint density at radius 1 is 1.33 bits per heavy atom. The molecular weight excluding hydrogens is 256 g/mol. The van der Waals surface area contributed by atoms with Crippen molar-refractivity contribution in [1.82, 2.24) is 0 Å². The summed E-state index contributed by atoms with van der Waals surface area (Å²) in [5.74, 6) is 0.252. The Balaban J connectivity index is 2.64. The van der Waals surface area contributed by atoms with Gasteiger partial charge in [-0.3, -0.25) is 0 Å². The summed E-state index contributed by atoms with van der Waals surface area (Å²) in [6.07, 6.45) is 2.89. The summed E-state index contributed by atoms with van der Waals surface area (Å²) in [4.78, 5) is 0. The molecule has 0 spiro atoms. The first-order chi connectivity index (χ1) is 7.15. The molecule has 1 rings (SSSR count). The van der Waals surface area contributed by atoms with E-state index in [0.29, 0.717) is 6.54 Å². The van der Waals surface area contributed by atoms with Gasteiger partial charge in [-0.1, -0.05) is 22.4 Å². The Morgan fingerprint density at radius 2 is 2.07 bits per heavy atom. The number of halogens is 1. The Kier molecular flexibility index (Phi) is 5.08. The molecule has 0 fully saturated rings. The number of aromatic hydroxyl groups is 1. The topological polar surface area (TPSA) is 72.3 Å². The summed E-state index contributed by atoms with van der Waals surface area (Å²) in [5.41, 5.74) is 12.4. The predicted molar refractivity (Wildman–Crippen MR) is 65.6 cm³/mol. The molecular formula is C11H17BrN2O. The van der Waals surface area contributed by atoms with Gasteiger partial charge in [0.05, 0.1) is 0 Å². The highest BCUT2D eigenvalue weighted by Crippen LogP contribution is 2.28. The Labute approximate surface area is 98.6 Å². The molecule has 1 atom stereocenters. The number of hydrogen-bond acceptors (Lipinski definition) is 3. The van der Waals surface area contributed by atoms with E-state index >= 15 is 0 Å². The lowest BCUT2D eigenvalue weighted by molar-refractivity contribution is 0.472. The van der Waals surface area contributed by atoms with Crippen molar-refractivity contribution in [2.24, 2.45) is 11.5 Å². The second-order valence-corrected chi connectivity index (χ2v) is 4.45. The first-order valence-electron chi connectivity index (χ1n) is 5.09. The van der Waals surface area contributed by atoms with Crippen LogP contribution in [-0.2, 0) is 0 Å². The highest BCUT2D eigenvalue weighted by atomic mass is 79.9. The first-order valence-corrected chi connectivity index (χ1v) is 5.88. The van der Waals surface area contributed by atoms with Crippen molar-refractivity contribution in [1.29, 1.82) is 0 Å². The fraction of sp³-hybridized carbons (Fsp3) is 0.455. The molecule has 3 nitrogen and oxygen atoms in total. The van der Waals surface area contributed by atoms with Gasteiger partial charge in [0.2, 0.25) is 0 Å². The fourth-order valence-electron chi connectivity index (χ4n) is 1.48. The Bertz CT molecular complexity index is 317. The van der Waals surface area contributed by atoms with Crippen molar-refractivity contribution in [3.05, 3.63) is 28.2 Å². The van der Waals surface area contributed by atoms with Crippen molar-refractivity contribution >= 4 is 15.9 Å². The van der Waals surface area contributed by atoms with E-state index in [4.69, 9.17) is 11.5 Å². The summed E-state index contributed by atoms with van der Waals surface area (Å²) >= 11 is 3.42. The fourth-order valence-corrected chi connectivity index (χ4v) is 2.02. The molecule has 0 heterocycles. The van der Waals surface area contributed by atoms with E-state index in [1.54, 1.807) is 12.1 Å². The number of phenols is 1. The summed E-state index contributed by atoms with van der Waals surface area (Å²) < 4.78 is 0.945. The smallest absolute Gasteiger partial charge is 0.115 e. The molecule has 4 heteroatoms. The van der Waals surface area contributed by atoms with Crippen LogP contribution < -0.4 is 11.5 Å². The molecule has 15 heavy (non-hydrogen) atoms. The van der Waals surface area contributed by atoms with Crippen LogP contribution >= 0.6 is 15.9 Å². The lowest BCUT2D eigenvalue weighted by atomic mass is 10.0. The molecule has 0 bridgehead atoms. The van der Waals surface area contributed by atoms with Crippen LogP contribution in [0.25, 0.3) is 0 Å². The van der Waals surface area contributed by atoms with Crippen LogP contribution in [0.15, 0.2) is 22.7 Å². The first kappa shape index (κ1) is 12.5. The molecule has 0 amide bonds. The molecule has 0 aromatic heterocycles. The number of phenolic OH excluding ortho intramolecular Hbond substituents is 1. The van der Waals surface area contributed by atoms with E-state index in [1.165, 1.54) is 0 Å². The molecule has 0 saturated heterocycles. The van der Waals surface area contributed by atoms with Gasteiger partial charge in [0.15, 0.2) is 0 Å². The maximum atomic E-state index is 9.36. The molecule has 0 saturated carbocycles. The van der Waals surface area contributed by atoms with Crippen LogP contribution in [0, 0.1) is 0 Å². The van der Waals surface area contributed by atoms with Gasteiger partial charge in [-0.25, -0.2) is 0 Å². The van der Waals surface area contributed by atoms with Crippen LogP contribution in [0.3, 0.4) is 0 Å². The minimum Gasteiger partial charge on any atom is -0.508 e. The SMILES string of the molecule is NCCCC[C@@H](N)c1cc(O)ccc1Br. The maximum Gasteiger partial charge on any atom is 0.115 e. The summed E-state index contributed by atoms with van der Waals surface area (Å²) in [6, 6.07) is 5.11. The molecule has 1 aromatic carbocycles.